The van der Waals surface area contributed by atoms with Crippen LogP contribution in [0.1, 0.15) is 113 Å². The molecule has 0 radical (unpaired) electrons. The molecule has 1 spiro atoms. The first-order valence-electron chi connectivity index (χ1n) is 14.9. The molecule has 5 aliphatic rings. The topological polar surface area (TPSA) is 72.8 Å². The molecule has 1 saturated heterocycles. The molecule has 1 N–H and O–H groups in total. The molecule has 0 bridgehead atoms. The SMILES string of the molecule is CC(=O)OC(CC(C)C)C[C@]1(C)OC(=O)[C@]23CC=C4[C@@H](CCC5C(C)(C)[C@@H](O)CC[C@]45C)[C@]2(C)CC[C@@H]31. The van der Waals surface area contributed by atoms with Crippen LogP contribution in [0.15, 0.2) is 11.6 Å². The van der Waals surface area contributed by atoms with Crippen molar-refractivity contribution in [3.63, 3.8) is 0 Å². The summed E-state index contributed by atoms with van der Waals surface area (Å²) in [6.07, 6.45) is 10.2. The fourth-order valence-electron chi connectivity index (χ4n) is 10.7. The fourth-order valence-corrected chi connectivity index (χ4v) is 10.7. The Hall–Kier alpha value is -1.36. The van der Waals surface area contributed by atoms with Crippen molar-refractivity contribution >= 4 is 11.9 Å². The number of rotatable bonds is 5. The lowest BCUT2D eigenvalue weighted by Crippen LogP contribution is -2.58. The highest BCUT2D eigenvalue weighted by atomic mass is 16.6. The van der Waals surface area contributed by atoms with Crippen molar-refractivity contribution in [2.24, 2.45) is 45.3 Å². The number of hydrogen-bond acceptors (Lipinski definition) is 5. The number of fused-ring (bicyclic) bond motifs is 4. The lowest BCUT2D eigenvalue weighted by molar-refractivity contribution is -0.165. The van der Waals surface area contributed by atoms with E-state index in [2.05, 4.69) is 54.5 Å². The van der Waals surface area contributed by atoms with E-state index in [1.54, 1.807) is 5.57 Å². The van der Waals surface area contributed by atoms with Crippen molar-refractivity contribution in [3.05, 3.63) is 11.6 Å². The summed E-state index contributed by atoms with van der Waals surface area (Å²) in [6, 6.07) is 0. The molecule has 208 valence electrons. The molecule has 5 heteroatoms. The molecule has 5 rings (SSSR count). The van der Waals surface area contributed by atoms with E-state index in [0.717, 1.165) is 51.4 Å². The van der Waals surface area contributed by atoms with Gasteiger partial charge >= 0.3 is 11.9 Å². The van der Waals surface area contributed by atoms with E-state index in [-0.39, 0.29) is 46.3 Å². The number of aliphatic hydroxyl groups is 1. The van der Waals surface area contributed by atoms with Gasteiger partial charge in [0, 0.05) is 19.3 Å². The Morgan fingerprint density at radius 1 is 1.08 bits per heavy atom. The Balaban J connectivity index is 1.50. The zero-order valence-electron chi connectivity index (χ0n) is 24.5. The highest BCUT2D eigenvalue weighted by Gasteiger charge is 2.76. The van der Waals surface area contributed by atoms with Gasteiger partial charge in [0.05, 0.1) is 11.5 Å². The van der Waals surface area contributed by atoms with Crippen molar-refractivity contribution in [3.8, 4) is 0 Å². The molecule has 1 aliphatic heterocycles. The third-order valence-corrected chi connectivity index (χ3v) is 12.3. The average molecular weight is 515 g/mol. The predicted molar refractivity (Wildman–Crippen MR) is 143 cm³/mol. The molecule has 4 aliphatic carbocycles. The molecule has 1 heterocycles. The standard InChI is InChI=1S/C32H50O5/c1-19(2)17-21(36-20(3)33)18-31(8)25-12-15-30(7)23-9-10-24-28(4,5)26(34)13-14-29(24,6)22(23)11-16-32(25,30)27(35)37-31/h11,19,21,23-26,34H,9-10,12-18H2,1-8H3/t21?,23-,24?,25-,26+,29-,30+,31+,32-/m1/s1. The van der Waals surface area contributed by atoms with Gasteiger partial charge in [0.2, 0.25) is 0 Å². The van der Waals surface area contributed by atoms with Crippen LogP contribution in [-0.2, 0) is 19.1 Å². The van der Waals surface area contributed by atoms with Gasteiger partial charge in [-0.3, -0.25) is 9.59 Å². The normalized spacial score (nSPS) is 46.8. The molecule has 2 unspecified atom stereocenters. The molecule has 9 atom stereocenters. The predicted octanol–water partition coefficient (Wildman–Crippen LogP) is 6.62. The highest BCUT2D eigenvalue weighted by molar-refractivity contribution is 5.83. The van der Waals surface area contributed by atoms with Crippen LogP contribution in [0.2, 0.25) is 0 Å². The van der Waals surface area contributed by atoms with Gasteiger partial charge in [0.25, 0.3) is 0 Å². The van der Waals surface area contributed by atoms with E-state index in [9.17, 15) is 14.7 Å². The van der Waals surface area contributed by atoms with E-state index in [4.69, 9.17) is 9.47 Å². The number of allylic oxidation sites excluding steroid dienone is 2. The number of esters is 2. The van der Waals surface area contributed by atoms with E-state index < -0.39 is 11.0 Å². The summed E-state index contributed by atoms with van der Waals surface area (Å²) < 4.78 is 12.2. The first kappa shape index (κ1) is 27.2. The minimum absolute atomic E-state index is 0.0203. The quantitative estimate of drug-likeness (QED) is 0.330. The summed E-state index contributed by atoms with van der Waals surface area (Å²) in [5, 5.41) is 10.9. The molecule has 0 aromatic heterocycles. The molecular weight excluding hydrogens is 464 g/mol. The minimum atomic E-state index is -0.618. The Morgan fingerprint density at radius 2 is 1.78 bits per heavy atom. The molecule has 0 aromatic carbocycles. The van der Waals surface area contributed by atoms with Crippen LogP contribution in [-0.4, -0.2) is 34.9 Å². The Labute approximate surface area is 224 Å². The maximum absolute atomic E-state index is 14.0. The number of carbonyl (C=O) groups excluding carboxylic acids is 2. The summed E-state index contributed by atoms with van der Waals surface area (Å²) in [4.78, 5) is 25.9. The van der Waals surface area contributed by atoms with Gasteiger partial charge in [-0.05, 0) is 92.3 Å². The number of aliphatic hydroxyl groups excluding tert-OH is 1. The van der Waals surface area contributed by atoms with Crippen LogP contribution in [0.3, 0.4) is 0 Å². The van der Waals surface area contributed by atoms with Gasteiger partial charge in [0.1, 0.15) is 11.7 Å². The fraction of sp³-hybridized carbons (Fsp3) is 0.875. The van der Waals surface area contributed by atoms with Crippen molar-refractivity contribution in [2.45, 2.75) is 131 Å². The van der Waals surface area contributed by atoms with Gasteiger partial charge in [-0.2, -0.15) is 0 Å². The first-order chi connectivity index (χ1) is 17.1. The number of ether oxygens (including phenoxy) is 2. The molecule has 0 aromatic rings. The van der Waals surface area contributed by atoms with Gasteiger partial charge in [-0.15, -0.1) is 0 Å². The second-order valence-electron chi connectivity index (χ2n) is 15.1. The molecule has 0 amide bonds. The van der Waals surface area contributed by atoms with E-state index in [1.165, 1.54) is 6.92 Å². The third-order valence-electron chi connectivity index (χ3n) is 12.3. The maximum Gasteiger partial charge on any atom is 0.313 e. The minimum Gasteiger partial charge on any atom is -0.462 e. The second-order valence-corrected chi connectivity index (χ2v) is 15.1. The van der Waals surface area contributed by atoms with Crippen molar-refractivity contribution < 1.29 is 24.2 Å². The lowest BCUT2D eigenvalue weighted by atomic mass is 9.41. The highest BCUT2D eigenvalue weighted by Crippen LogP contribution is 2.76. The Morgan fingerprint density at radius 3 is 2.43 bits per heavy atom. The number of carbonyl (C=O) groups is 2. The first-order valence-corrected chi connectivity index (χ1v) is 14.9. The van der Waals surface area contributed by atoms with Crippen LogP contribution in [0.4, 0.5) is 0 Å². The molecule has 3 saturated carbocycles. The zero-order chi connectivity index (χ0) is 27.2. The van der Waals surface area contributed by atoms with Gasteiger partial charge < -0.3 is 14.6 Å². The summed E-state index contributed by atoms with van der Waals surface area (Å²) in [5.74, 6) is 1.09. The summed E-state index contributed by atoms with van der Waals surface area (Å²) >= 11 is 0. The monoisotopic (exact) mass is 514 g/mol. The van der Waals surface area contributed by atoms with Crippen LogP contribution in [0.5, 0.6) is 0 Å². The van der Waals surface area contributed by atoms with Crippen LogP contribution < -0.4 is 0 Å². The molecule has 37 heavy (non-hydrogen) atoms. The van der Waals surface area contributed by atoms with Crippen molar-refractivity contribution in [1.29, 1.82) is 0 Å². The van der Waals surface area contributed by atoms with Crippen LogP contribution >= 0.6 is 0 Å². The Bertz CT molecular complexity index is 997. The van der Waals surface area contributed by atoms with Gasteiger partial charge in [-0.1, -0.05) is 53.2 Å². The molecular formula is C32H50O5. The van der Waals surface area contributed by atoms with Crippen LogP contribution in [0, 0.1) is 45.3 Å². The van der Waals surface area contributed by atoms with E-state index >= 15 is 0 Å². The average Bonchev–Trinajstić information content (AvgIpc) is 3.20. The van der Waals surface area contributed by atoms with Gasteiger partial charge in [0.15, 0.2) is 0 Å². The third kappa shape index (κ3) is 3.64. The second kappa shape index (κ2) is 8.57. The number of cyclic esters (lactones) is 1. The summed E-state index contributed by atoms with van der Waals surface area (Å²) in [5.41, 5.74) is 0.309. The van der Waals surface area contributed by atoms with E-state index in [1.807, 2.05) is 0 Å². The smallest absolute Gasteiger partial charge is 0.313 e. The molecule has 4 fully saturated rings. The zero-order valence-corrected chi connectivity index (χ0v) is 24.5. The van der Waals surface area contributed by atoms with E-state index in [0.29, 0.717) is 24.2 Å². The van der Waals surface area contributed by atoms with Gasteiger partial charge in [-0.25, -0.2) is 0 Å². The number of hydrogen-bond donors (Lipinski definition) is 1. The maximum atomic E-state index is 14.0. The Kier molecular flexibility index (Phi) is 6.30. The van der Waals surface area contributed by atoms with Crippen LogP contribution in [0.25, 0.3) is 0 Å². The summed E-state index contributed by atoms with van der Waals surface area (Å²) in [7, 11) is 0. The van der Waals surface area contributed by atoms with Crippen molar-refractivity contribution in [2.75, 3.05) is 0 Å². The van der Waals surface area contributed by atoms with Crippen molar-refractivity contribution in [1.82, 2.24) is 0 Å². The lowest BCUT2D eigenvalue weighted by Gasteiger charge is -2.63. The largest absolute Gasteiger partial charge is 0.462 e. The molecule has 5 nitrogen and oxygen atoms in total. The summed E-state index contributed by atoms with van der Waals surface area (Å²) in [6.45, 7) is 17.2.